The monoisotopic (exact) mass is 139 g/mol. The summed E-state index contributed by atoms with van der Waals surface area (Å²) in [6.45, 7) is 0. The van der Waals surface area contributed by atoms with Crippen molar-refractivity contribution in [1.29, 1.82) is 0 Å². The average Bonchev–Trinajstić information content (AvgIpc) is 1.94. The third-order valence-corrected chi connectivity index (χ3v) is 1.07. The first-order valence-electron chi connectivity index (χ1n) is 2.62. The van der Waals surface area contributed by atoms with E-state index >= 15 is 0 Å². The molecule has 0 radical (unpaired) electrons. The summed E-state index contributed by atoms with van der Waals surface area (Å²) in [6, 6.07) is 0. The van der Waals surface area contributed by atoms with E-state index in [0.29, 0.717) is 0 Å². The maximum Gasteiger partial charge on any atom is 0.204 e. The molecule has 0 fully saturated rings. The standard InChI is InChI=1S/C6H5NO3/c8-4-1-2-6(9)5(3-4)7-10/h1-3,7,10H. The Kier molecular flexibility index (Phi) is 1.64. The van der Waals surface area contributed by atoms with E-state index in [2.05, 4.69) is 0 Å². The number of hydrogen-bond donors (Lipinski definition) is 2. The molecule has 0 heterocycles. The summed E-state index contributed by atoms with van der Waals surface area (Å²) >= 11 is 0. The number of hydroxylamine groups is 1. The lowest BCUT2D eigenvalue weighted by Crippen LogP contribution is -2.19. The van der Waals surface area contributed by atoms with Crippen LogP contribution in [0.3, 0.4) is 0 Å². The van der Waals surface area contributed by atoms with Crippen molar-refractivity contribution in [2.75, 3.05) is 0 Å². The zero-order chi connectivity index (χ0) is 7.56. The highest BCUT2D eigenvalue weighted by Gasteiger charge is 2.10. The molecule has 0 amide bonds. The van der Waals surface area contributed by atoms with Gasteiger partial charge >= 0.3 is 0 Å². The highest BCUT2D eigenvalue weighted by molar-refractivity contribution is 6.16. The largest absolute Gasteiger partial charge is 0.291 e. The summed E-state index contributed by atoms with van der Waals surface area (Å²) in [6.07, 6.45) is 3.27. The molecule has 52 valence electrons. The van der Waals surface area contributed by atoms with Gasteiger partial charge in [-0.15, -0.1) is 0 Å². The van der Waals surface area contributed by atoms with E-state index in [1.807, 2.05) is 0 Å². The summed E-state index contributed by atoms with van der Waals surface area (Å²) in [5.41, 5.74) is 1.53. The van der Waals surface area contributed by atoms with Gasteiger partial charge in [0.05, 0.1) is 0 Å². The van der Waals surface area contributed by atoms with Gasteiger partial charge in [0.2, 0.25) is 5.78 Å². The third kappa shape index (κ3) is 1.11. The van der Waals surface area contributed by atoms with Crippen LogP contribution >= 0.6 is 0 Å². The molecule has 0 aromatic rings. The summed E-state index contributed by atoms with van der Waals surface area (Å²) < 4.78 is 0. The van der Waals surface area contributed by atoms with Crippen LogP contribution in [0.4, 0.5) is 0 Å². The average molecular weight is 139 g/mol. The molecule has 0 aliphatic heterocycles. The Morgan fingerprint density at radius 2 is 2.00 bits per heavy atom. The van der Waals surface area contributed by atoms with E-state index in [1.165, 1.54) is 0 Å². The molecular weight excluding hydrogens is 134 g/mol. The molecule has 0 atom stereocenters. The van der Waals surface area contributed by atoms with Gasteiger partial charge in [-0.2, -0.15) is 0 Å². The fourth-order valence-electron chi connectivity index (χ4n) is 0.596. The zero-order valence-corrected chi connectivity index (χ0v) is 5.00. The number of carbonyl (C=O) groups is 2. The van der Waals surface area contributed by atoms with Crippen molar-refractivity contribution in [1.82, 2.24) is 5.48 Å². The second kappa shape index (κ2) is 2.45. The number of allylic oxidation sites excluding steroid dienone is 3. The molecule has 1 rings (SSSR count). The number of hydrogen-bond acceptors (Lipinski definition) is 4. The molecule has 0 aromatic heterocycles. The van der Waals surface area contributed by atoms with Gasteiger partial charge in [-0.1, -0.05) is 0 Å². The SMILES string of the molecule is O=C1C=CC(=O)C(NO)=C1. The molecule has 0 saturated carbocycles. The summed E-state index contributed by atoms with van der Waals surface area (Å²) in [5.74, 6) is -0.710. The summed E-state index contributed by atoms with van der Waals surface area (Å²) in [5, 5.41) is 8.25. The fraction of sp³-hybridized carbons (Fsp3) is 0. The minimum Gasteiger partial charge on any atom is -0.291 e. The molecule has 0 unspecified atom stereocenters. The molecule has 1 aliphatic rings. The van der Waals surface area contributed by atoms with Gasteiger partial charge in [-0.25, -0.2) is 0 Å². The Balaban J connectivity index is 2.89. The van der Waals surface area contributed by atoms with E-state index < -0.39 is 5.78 Å². The quantitative estimate of drug-likeness (QED) is 0.381. The fourth-order valence-corrected chi connectivity index (χ4v) is 0.596. The van der Waals surface area contributed by atoms with E-state index in [1.54, 1.807) is 5.48 Å². The molecule has 0 bridgehead atoms. The van der Waals surface area contributed by atoms with Crippen molar-refractivity contribution in [3.63, 3.8) is 0 Å². The maximum absolute atomic E-state index is 10.6. The highest BCUT2D eigenvalue weighted by Crippen LogP contribution is 1.99. The Bertz CT molecular complexity index is 239. The Hall–Kier alpha value is -1.42. The molecule has 1 aliphatic carbocycles. The van der Waals surface area contributed by atoms with E-state index in [4.69, 9.17) is 5.21 Å². The van der Waals surface area contributed by atoms with Crippen molar-refractivity contribution in [2.45, 2.75) is 0 Å². The highest BCUT2D eigenvalue weighted by atomic mass is 16.5. The first-order chi connectivity index (χ1) is 4.74. The number of nitrogens with one attached hydrogen (secondary N) is 1. The van der Waals surface area contributed by atoms with Gasteiger partial charge in [-0.3, -0.25) is 20.3 Å². The van der Waals surface area contributed by atoms with Crippen LogP contribution in [-0.4, -0.2) is 16.8 Å². The normalized spacial score (nSPS) is 17.1. The molecule has 4 heteroatoms. The van der Waals surface area contributed by atoms with E-state index in [9.17, 15) is 9.59 Å². The van der Waals surface area contributed by atoms with Crippen LogP contribution in [0, 0.1) is 0 Å². The first kappa shape index (κ1) is 6.70. The molecular formula is C6H5NO3. The van der Waals surface area contributed by atoms with Crippen LogP contribution < -0.4 is 5.48 Å². The lowest BCUT2D eigenvalue weighted by molar-refractivity contribution is -0.115. The molecule has 10 heavy (non-hydrogen) atoms. The second-order valence-electron chi connectivity index (χ2n) is 1.77. The van der Waals surface area contributed by atoms with Crippen molar-refractivity contribution >= 4 is 11.6 Å². The predicted molar refractivity (Wildman–Crippen MR) is 32.2 cm³/mol. The molecule has 4 nitrogen and oxygen atoms in total. The minimum absolute atomic E-state index is 0.0903. The van der Waals surface area contributed by atoms with Crippen LogP contribution in [0.25, 0.3) is 0 Å². The van der Waals surface area contributed by atoms with E-state index in [0.717, 1.165) is 18.2 Å². The zero-order valence-electron chi connectivity index (χ0n) is 5.00. The Labute approximate surface area is 56.8 Å². The number of carbonyl (C=O) groups excluding carboxylic acids is 2. The summed E-state index contributed by atoms with van der Waals surface area (Å²) in [4.78, 5) is 21.2. The smallest absolute Gasteiger partial charge is 0.204 e. The first-order valence-corrected chi connectivity index (χ1v) is 2.62. The van der Waals surface area contributed by atoms with Gasteiger partial charge in [0, 0.05) is 6.08 Å². The van der Waals surface area contributed by atoms with Crippen molar-refractivity contribution in [3.8, 4) is 0 Å². The van der Waals surface area contributed by atoms with Crippen LogP contribution in [0.15, 0.2) is 23.9 Å². The van der Waals surface area contributed by atoms with Gasteiger partial charge in [0.15, 0.2) is 5.78 Å². The van der Waals surface area contributed by atoms with E-state index in [-0.39, 0.29) is 11.5 Å². The Morgan fingerprint density at radius 3 is 2.50 bits per heavy atom. The predicted octanol–water partition coefficient (Wildman–Crippen LogP) is -0.443. The molecule has 2 N–H and O–H groups in total. The van der Waals surface area contributed by atoms with Gasteiger partial charge < -0.3 is 0 Å². The number of ketones is 2. The van der Waals surface area contributed by atoms with Crippen molar-refractivity contribution in [3.05, 3.63) is 23.9 Å². The number of rotatable bonds is 1. The molecule has 0 spiro atoms. The lowest BCUT2D eigenvalue weighted by atomic mass is 10.1. The minimum atomic E-state index is -0.401. The van der Waals surface area contributed by atoms with Crippen molar-refractivity contribution < 1.29 is 14.8 Å². The van der Waals surface area contributed by atoms with Crippen LogP contribution in [-0.2, 0) is 9.59 Å². The lowest BCUT2D eigenvalue weighted by Gasteiger charge is -2.02. The van der Waals surface area contributed by atoms with Crippen molar-refractivity contribution in [2.24, 2.45) is 0 Å². The Morgan fingerprint density at radius 1 is 1.30 bits per heavy atom. The summed E-state index contributed by atoms with van der Waals surface area (Å²) in [7, 11) is 0. The molecule has 0 saturated heterocycles. The third-order valence-electron chi connectivity index (χ3n) is 1.07. The van der Waals surface area contributed by atoms with Crippen LogP contribution in [0.2, 0.25) is 0 Å². The van der Waals surface area contributed by atoms with Crippen LogP contribution in [0.5, 0.6) is 0 Å². The van der Waals surface area contributed by atoms with Gasteiger partial charge in [-0.05, 0) is 12.2 Å². The maximum atomic E-state index is 10.6. The van der Waals surface area contributed by atoms with Gasteiger partial charge in [0.1, 0.15) is 5.70 Å². The topological polar surface area (TPSA) is 66.4 Å². The van der Waals surface area contributed by atoms with Crippen LogP contribution in [0.1, 0.15) is 0 Å². The second-order valence-corrected chi connectivity index (χ2v) is 1.77. The van der Waals surface area contributed by atoms with Gasteiger partial charge in [0.25, 0.3) is 0 Å². The molecule has 0 aromatic carbocycles.